The SMILES string of the molecule is COC1=CCC=C(c2nnc(-c3ccc(OC)cc3)n2N)C=C1. The van der Waals surface area contributed by atoms with Gasteiger partial charge in [-0.2, -0.15) is 0 Å². The summed E-state index contributed by atoms with van der Waals surface area (Å²) in [5.74, 6) is 9.00. The topological polar surface area (TPSA) is 75.2 Å². The van der Waals surface area contributed by atoms with Crippen molar-refractivity contribution in [1.29, 1.82) is 0 Å². The number of rotatable bonds is 4. The fourth-order valence-corrected chi connectivity index (χ4v) is 2.35. The number of ether oxygens (including phenoxy) is 2. The Morgan fingerprint density at radius 2 is 1.70 bits per heavy atom. The summed E-state index contributed by atoms with van der Waals surface area (Å²) in [6.45, 7) is 0. The molecule has 1 aliphatic rings. The lowest BCUT2D eigenvalue weighted by Crippen LogP contribution is -2.13. The number of benzene rings is 1. The molecular weight excluding hydrogens is 292 g/mol. The molecule has 0 saturated carbocycles. The second-order valence-electron chi connectivity index (χ2n) is 4.98. The van der Waals surface area contributed by atoms with Crippen molar-refractivity contribution in [2.24, 2.45) is 0 Å². The summed E-state index contributed by atoms with van der Waals surface area (Å²) in [5, 5.41) is 8.43. The molecule has 0 spiro atoms. The van der Waals surface area contributed by atoms with Crippen molar-refractivity contribution in [3.05, 3.63) is 60.2 Å². The fraction of sp³-hybridized carbons (Fsp3) is 0.176. The molecule has 23 heavy (non-hydrogen) atoms. The summed E-state index contributed by atoms with van der Waals surface area (Å²) in [4.78, 5) is 0. The first-order chi connectivity index (χ1) is 11.2. The van der Waals surface area contributed by atoms with Crippen molar-refractivity contribution in [2.75, 3.05) is 20.1 Å². The molecule has 1 aromatic heterocycles. The van der Waals surface area contributed by atoms with E-state index in [4.69, 9.17) is 15.3 Å². The predicted molar refractivity (Wildman–Crippen MR) is 89.0 cm³/mol. The van der Waals surface area contributed by atoms with E-state index < -0.39 is 0 Å². The number of methoxy groups -OCH3 is 2. The van der Waals surface area contributed by atoms with Crippen LogP contribution in [0.5, 0.6) is 5.75 Å². The zero-order valence-corrected chi connectivity index (χ0v) is 13.1. The third kappa shape index (κ3) is 2.96. The molecule has 1 aliphatic carbocycles. The van der Waals surface area contributed by atoms with Crippen LogP contribution in [0.3, 0.4) is 0 Å². The van der Waals surface area contributed by atoms with Gasteiger partial charge in [0, 0.05) is 11.1 Å². The van der Waals surface area contributed by atoms with Crippen molar-refractivity contribution in [2.45, 2.75) is 6.42 Å². The van der Waals surface area contributed by atoms with Gasteiger partial charge < -0.3 is 15.3 Å². The maximum atomic E-state index is 6.19. The molecule has 3 rings (SSSR count). The number of nitrogen functional groups attached to an aromatic ring is 1. The molecule has 118 valence electrons. The molecule has 1 aromatic carbocycles. The van der Waals surface area contributed by atoms with E-state index in [1.165, 1.54) is 4.68 Å². The molecule has 0 bridgehead atoms. The lowest BCUT2D eigenvalue weighted by molar-refractivity contribution is 0.306. The third-order valence-corrected chi connectivity index (χ3v) is 3.62. The van der Waals surface area contributed by atoms with E-state index in [9.17, 15) is 0 Å². The van der Waals surface area contributed by atoms with Crippen molar-refractivity contribution in [1.82, 2.24) is 14.9 Å². The minimum absolute atomic E-state index is 0.598. The van der Waals surface area contributed by atoms with Crippen molar-refractivity contribution < 1.29 is 9.47 Å². The minimum Gasteiger partial charge on any atom is -0.497 e. The molecule has 0 amide bonds. The van der Waals surface area contributed by atoms with E-state index in [-0.39, 0.29) is 0 Å². The smallest absolute Gasteiger partial charge is 0.182 e. The number of nitrogens with two attached hydrogens (primary N) is 1. The first-order valence-electron chi connectivity index (χ1n) is 7.20. The van der Waals surface area contributed by atoms with Gasteiger partial charge in [-0.15, -0.1) is 10.2 Å². The van der Waals surface area contributed by atoms with E-state index >= 15 is 0 Å². The van der Waals surface area contributed by atoms with Gasteiger partial charge in [0.25, 0.3) is 0 Å². The Morgan fingerprint density at radius 3 is 2.39 bits per heavy atom. The number of aromatic nitrogens is 3. The molecule has 0 saturated heterocycles. The zero-order valence-electron chi connectivity index (χ0n) is 13.1. The van der Waals surface area contributed by atoms with Crippen molar-refractivity contribution in [3.8, 4) is 17.1 Å². The van der Waals surface area contributed by atoms with Gasteiger partial charge in [0.15, 0.2) is 11.6 Å². The normalized spacial score (nSPS) is 14.0. The monoisotopic (exact) mass is 310 g/mol. The molecular formula is C17H18N4O2. The summed E-state index contributed by atoms with van der Waals surface area (Å²) < 4.78 is 11.9. The summed E-state index contributed by atoms with van der Waals surface area (Å²) in [6, 6.07) is 7.53. The molecule has 0 atom stereocenters. The number of hydrogen-bond acceptors (Lipinski definition) is 5. The van der Waals surface area contributed by atoms with E-state index in [0.717, 1.165) is 29.1 Å². The van der Waals surface area contributed by atoms with E-state index in [2.05, 4.69) is 10.2 Å². The fourth-order valence-electron chi connectivity index (χ4n) is 2.35. The molecule has 2 aromatic rings. The van der Waals surface area contributed by atoms with Crippen LogP contribution in [0.4, 0.5) is 0 Å². The Bertz CT molecular complexity index is 785. The van der Waals surface area contributed by atoms with Crippen LogP contribution in [0.2, 0.25) is 0 Å². The van der Waals surface area contributed by atoms with Gasteiger partial charge in [-0.3, -0.25) is 0 Å². The van der Waals surface area contributed by atoms with Gasteiger partial charge in [0.05, 0.1) is 14.2 Å². The average molecular weight is 310 g/mol. The van der Waals surface area contributed by atoms with Gasteiger partial charge in [0.2, 0.25) is 0 Å². The molecule has 6 heteroatoms. The Kier molecular flexibility index (Phi) is 4.14. The molecule has 1 heterocycles. The Balaban J connectivity index is 1.92. The first-order valence-corrected chi connectivity index (χ1v) is 7.20. The van der Waals surface area contributed by atoms with Crippen LogP contribution in [-0.2, 0) is 4.74 Å². The average Bonchev–Trinajstić information content (AvgIpc) is 2.82. The van der Waals surface area contributed by atoms with E-state index in [1.807, 2.05) is 48.6 Å². The van der Waals surface area contributed by atoms with Crippen molar-refractivity contribution >= 4 is 5.57 Å². The molecule has 2 N–H and O–H groups in total. The summed E-state index contributed by atoms with van der Waals surface area (Å²) >= 11 is 0. The zero-order chi connectivity index (χ0) is 16.2. The third-order valence-electron chi connectivity index (χ3n) is 3.62. The highest BCUT2D eigenvalue weighted by molar-refractivity contribution is 5.72. The Labute approximate surface area is 134 Å². The van der Waals surface area contributed by atoms with Crippen LogP contribution >= 0.6 is 0 Å². The lowest BCUT2D eigenvalue weighted by atomic mass is 10.2. The number of nitrogens with zero attached hydrogens (tertiary/aromatic N) is 3. The van der Waals surface area contributed by atoms with Crippen LogP contribution in [0.15, 0.2) is 54.3 Å². The lowest BCUT2D eigenvalue weighted by Gasteiger charge is -2.05. The predicted octanol–water partition coefficient (Wildman–Crippen LogP) is 2.54. The van der Waals surface area contributed by atoms with Crippen LogP contribution in [-0.4, -0.2) is 29.1 Å². The standard InChI is InChI=1S/C17H18N4O2/c1-22-14-5-3-4-12(6-9-14)16-19-20-17(21(16)18)13-7-10-15(23-2)11-8-13/h4-11H,3,18H2,1-2H3. The van der Waals surface area contributed by atoms with Gasteiger partial charge >= 0.3 is 0 Å². The van der Waals surface area contributed by atoms with Crippen LogP contribution < -0.4 is 10.6 Å². The maximum Gasteiger partial charge on any atom is 0.182 e. The first kappa shape index (κ1) is 14.9. The molecule has 6 nitrogen and oxygen atoms in total. The van der Waals surface area contributed by atoms with Crippen molar-refractivity contribution in [3.63, 3.8) is 0 Å². The van der Waals surface area contributed by atoms with Gasteiger partial charge in [-0.05, 0) is 48.9 Å². The summed E-state index contributed by atoms with van der Waals surface area (Å²) in [6.07, 6.45) is 8.59. The minimum atomic E-state index is 0.598. The van der Waals surface area contributed by atoms with Gasteiger partial charge in [0.1, 0.15) is 11.5 Å². The van der Waals surface area contributed by atoms with E-state index in [1.54, 1.807) is 14.2 Å². The van der Waals surface area contributed by atoms with Crippen LogP contribution in [0.25, 0.3) is 17.0 Å². The largest absolute Gasteiger partial charge is 0.497 e. The number of allylic oxidation sites excluding steroid dienone is 5. The second kappa shape index (κ2) is 6.39. The highest BCUT2D eigenvalue weighted by atomic mass is 16.5. The summed E-state index contributed by atoms with van der Waals surface area (Å²) in [5.41, 5.74) is 1.78. The van der Waals surface area contributed by atoms with E-state index in [0.29, 0.717) is 11.6 Å². The molecule has 0 aliphatic heterocycles. The summed E-state index contributed by atoms with van der Waals surface area (Å²) in [7, 11) is 3.28. The van der Waals surface area contributed by atoms with Gasteiger partial charge in [-0.1, -0.05) is 6.08 Å². The highest BCUT2D eigenvalue weighted by Crippen LogP contribution is 2.24. The Hall–Kier alpha value is -3.02. The van der Waals surface area contributed by atoms with Gasteiger partial charge in [-0.25, -0.2) is 4.68 Å². The molecule has 0 unspecified atom stereocenters. The Morgan fingerprint density at radius 1 is 0.957 bits per heavy atom. The quantitative estimate of drug-likeness (QED) is 0.878. The highest BCUT2D eigenvalue weighted by Gasteiger charge is 2.14. The second-order valence-corrected chi connectivity index (χ2v) is 4.98. The van der Waals surface area contributed by atoms with Crippen LogP contribution in [0, 0.1) is 0 Å². The molecule has 0 fully saturated rings. The number of hydrogen-bond donors (Lipinski definition) is 1. The van der Waals surface area contributed by atoms with Crippen LogP contribution in [0.1, 0.15) is 12.2 Å². The molecule has 0 radical (unpaired) electrons. The maximum absolute atomic E-state index is 6.19.